The Hall–Kier alpha value is -3.03. The Morgan fingerprint density at radius 3 is 2.59 bits per heavy atom. The van der Waals surface area contributed by atoms with Gasteiger partial charge in [0, 0.05) is 18.7 Å². The molecule has 8 nitrogen and oxygen atoms in total. The molecule has 1 aliphatic carbocycles. The lowest BCUT2D eigenvalue weighted by molar-refractivity contribution is -0.126. The fourth-order valence-electron chi connectivity index (χ4n) is 3.87. The van der Waals surface area contributed by atoms with Gasteiger partial charge in [-0.05, 0) is 43.7 Å². The second-order valence-electron chi connectivity index (χ2n) is 8.45. The smallest absolute Gasteiger partial charge is 0.372 e. The number of anilines is 1. The molecule has 1 aromatic rings. The zero-order valence-corrected chi connectivity index (χ0v) is 17.7. The van der Waals surface area contributed by atoms with Crippen LogP contribution in [0.25, 0.3) is 0 Å². The number of hydrogen-bond donors (Lipinski definition) is 3. The van der Waals surface area contributed by atoms with Gasteiger partial charge in [-0.25, -0.2) is 0 Å². The highest BCUT2D eigenvalue weighted by Gasteiger charge is 2.34. The van der Waals surface area contributed by atoms with Crippen molar-refractivity contribution in [3.63, 3.8) is 0 Å². The molecule has 0 bridgehead atoms. The van der Waals surface area contributed by atoms with Crippen LogP contribution in [0.1, 0.15) is 43.7 Å². The van der Waals surface area contributed by atoms with Crippen molar-refractivity contribution in [2.24, 2.45) is 11.8 Å². The van der Waals surface area contributed by atoms with Gasteiger partial charge in [0.25, 0.3) is 5.56 Å². The number of aromatic nitrogens is 1. The number of carbonyl (C=O) groups is 2. The number of halogens is 3. The first-order valence-electron chi connectivity index (χ1n) is 10.6. The Balaban J connectivity index is 1.81. The maximum Gasteiger partial charge on any atom is 0.405 e. The third kappa shape index (κ3) is 6.02. The van der Waals surface area contributed by atoms with Gasteiger partial charge in [-0.1, -0.05) is 12.8 Å². The average Bonchev–Trinajstić information content (AvgIpc) is 3.45. The molecule has 2 fully saturated rings. The number of carbonyl (C=O) groups excluding carboxylic acids is 2. The molecule has 2 aliphatic rings. The molecule has 11 heteroatoms. The lowest BCUT2D eigenvalue weighted by Crippen LogP contribution is -2.43. The minimum Gasteiger partial charge on any atom is -0.372 e. The summed E-state index contributed by atoms with van der Waals surface area (Å²) in [7, 11) is 0. The zero-order valence-electron chi connectivity index (χ0n) is 17.7. The van der Waals surface area contributed by atoms with E-state index in [1.54, 1.807) is 0 Å². The zero-order chi connectivity index (χ0) is 23.5. The van der Waals surface area contributed by atoms with Crippen LogP contribution in [-0.4, -0.2) is 41.7 Å². The minimum atomic E-state index is -4.50. The molecule has 0 spiro atoms. The maximum atomic E-state index is 13.1. The van der Waals surface area contributed by atoms with Crippen LogP contribution >= 0.6 is 0 Å². The van der Waals surface area contributed by atoms with Crippen molar-refractivity contribution in [2.75, 3.05) is 18.4 Å². The molecule has 3 rings (SSSR count). The van der Waals surface area contributed by atoms with E-state index < -0.39 is 36.3 Å². The normalized spacial score (nSPS) is 20.2. The van der Waals surface area contributed by atoms with Crippen molar-refractivity contribution in [3.05, 3.63) is 28.2 Å². The topological polar surface area (TPSA) is 116 Å². The first-order chi connectivity index (χ1) is 15.1. The van der Waals surface area contributed by atoms with Gasteiger partial charge in [0.2, 0.25) is 11.8 Å². The number of nitrogens with one attached hydrogen (secondary N) is 3. The van der Waals surface area contributed by atoms with Crippen LogP contribution in [0.4, 0.5) is 18.9 Å². The Morgan fingerprint density at radius 2 is 2.03 bits per heavy atom. The molecule has 3 atom stereocenters. The monoisotopic (exact) mass is 453 g/mol. The Bertz CT molecular complexity index is 965. The van der Waals surface area contributed by atoms with Crippen LogP contribution < -0.4 is 21.5 Å². The van der Waals surface area contributed by atoms with Crippen LogP contribution in [0, 0.1) is 30.1 Å². The van der Waals surface area contributed by atoms with E-state index in [1.807, 2.05) is 6.07 Å². The summed E-state index contributed by atoms with van der Waals surface area (Å²) in [4.78, 5) is 37.8. The number of nitriles is 1. The Morgan fingerprint density at radius 1 is 1.31 bits per heavy atom. The van der Waals surface area contributed by atoms with Crippen LogP contribution in [-0.2, 0) is 9.59 Å². The first-order valence-corrected chi connectivity index (χ1v) is 10.6. The number of rotatable bonds is 9. The summed E-state index contributed by atoms with van der Waals surface area (Å²) >= 11 is 0. The highest BCUT2D eigenvalue weighted by atomic mass is 19.4. The molecule has 174 valence electrons. The van der Waals surface area contributed by atoms with E-state index in [0.29, 0.717) is 24.9 Å². The number of alkyl halides is 3. The van der Waals surface area contributed by atoms with E-state index in [1.165, 1.54) is 19.2 Å². The van der Waals surface area contributed by atoms with Gasteiger partial charge >= 0.3 is 6.18 Å². The lowest BCUT2D eigenvalue weighted by Gasteiger charge is -2.23. The molecule has 2 amide bonds. The van der Waals surface area contributed by atoms with Gasteiger partial charge < -0.3 is 20.5 Å². The summed E-state index contributed by atoms with van der Waals surface area (Å²) < 4.78 is 39.1. The Kier molecular flexibility index (Phi) is 7.11. The van der Waals surface area contributed by atoms with E-state index in [2.05, 4.69) is 16.0 Å². The number of pyridine rings is 1. The molecular formula is C21H26F3N5O3. The van der Waals surface area contributed by atoms with Crippen LogP contribution in [0.3, 0.4) is 0 Å². The second kappa shape index (κ2) is 9.63. The molecule has 0 aromatic carbocycles. The molecule has 0 radical (unpaired) electrons. The third-order valence-corrected chi connectivity index (χ3v) is 5.84. The third-order valence-electron chi connectivity index (χ3n) is 5.84. The van der Waals surface area contributed by atoms with Gasteiger partial charge in [0.1, 0.15) is 24.3 Å². The second-order valence-corrected chi connectivity index (χ2v) is 8.45. The number of hydrogen-bond acceptors (Lipinski definition) is 5. The van der Waals surface area contributed by atoms with Gasteiger partial charge in [-0.3, -0.25) is 14.4 Å². The highest BCUT2D eigenvalue weighted by Crippen LogP contribution is 2.37. The summed E-state index contributed by atoms with van der Waals surface area (Å²) in [5.41, 5.74) is -0.597. The van der Waals surface area contributed by atoms with Crippen molar-refractivity contribution >= 4 is 17.5 Å². The van der Waals surface area contributed by atoms with Crippen molar-refractivity contribution in [1.82, 2.24) is 15.2 Å². The summed E-state index contributed by atoms with van der Waals surface area (Å²) in [6.07, 6.45) is -0.238. The van der Waals surface area contributed by atoms with Gasteiger partial charge in [0.05, 0.1) is 6.07 Å². The molecule has 1 saturated carbocycles. The largest absolute Gasteiger partial charge is 0.405 e. The quantitative estimate of drug-likeness (QED) is 0.529. The van der Waals surface area contributed by atoms with Gasteiger partial charge in [-0.15, -0.1) is 0 Å². The summed E-state index contributed by atoms with van der Waals surface area (Å²) in [6.45, 7) is 0.664. The number of nitrogens with zero attached hydrogens (tertiary/aromatic N) is 2. The fraction of sp³-hybridized carbons (Fsp3) is 0.619. The molecule has 1 aromatic heterocycles. The fourth-order valence-corrected chi connectivity index (χ4v) is 3.87. The minimum absolute atomic E-state index is 0.158. The molecule has 1 aliphatic heterocycles. The van der Waals surface area contributed by atoms with E-state index in [4.69, 9.17) is 0 Å². The lowest BCUT2D eigenvalue weighted by atomic mass is 9.98. The van der Waals surface area contributed by atoms with Gasteiger partial charge in [0.15, 0.2) is 0 Å². The van der Waals surface area contributed by atoms with Gasteiger partial charge in [-0.2, -0.15) is 18.4 Å². The van der Waals surface area contributed by atoms with E-state index in [0.717, 1.165) is 17.4 Å². The summed E-state index contributed by atoms with van der Waals surface area (Å²) in [5.74, 6) is -0.868. The van der Waals surface area contributed by atoms with Crippen molar-refractivity contribution in [2.45, 2.75) is 57.3 Å². The molecule has 2 heterocycles. The predicted molar refractivity (Wildman–Crippen MR) is 110 cm³/mol. The van der Waals surface area contributed by atoms with Crippen molar-refractivity contribution < 1.29 is 22.8 Å². The molecule has 0 unspecified atom stereocenters. The Labute approximate surface area is 183 Å². The molecule has 32 heavy (non-hydrogen) atoms. The number of amides is 2. The standard InChI is InChI=1S/C21H26F3N5O3/c1-12-5-7-29(20(32)17(12)27-11-21(22,23)24)16(8-13-2-3-13)19(31)28-15(10-25)9-14-4-6-26-18(14)30/h5,7,13-16,27H,2-4,6,8-9,11H2,1H3,(H,26,30)(H,28,31)/t14-,15-,16+/m0/s1. The average molecular weight is 453 g/mol. The first kappa shape index (κ1) is 23.6. The molecule has 1 saturated heterocycles. The number of aryl methyl sites for hydroxylation is 1. The predicted octanol–water partition coefficient (Wildman–Crippen LogP) is 2.01. The molecule has 3 N–H and O–H groups in total. The maximum absolute atomic E-state index is 13.1. The van der Waals surface area contributed by atoms with Crippen LogP contribution in [0.5, 0.6) is 0 Å². The van der Waals surface area contributed by atoms with Crippen molar-refractivity contribution in [3.8, 4) is 6.07 Å². The van der Waals surface area contributed by atoms with E-state index >= 15 is 0 Å². The summed E-state index contributed by atoms with van der Waals surface area (Å²) in [6, 6.07) is 1.60. The van der Waals surface area contributed by atoms with Crippen molar-refractivity contribution in [1.29, 1.82) is 5.26 Å². The molecular weight excluding hydrogens is 427 g/mol. The highest BCUT2D eigenvalue weighted by molar-refractivity contribution is 5.82. The van der Waals surface area contributed by atoms with E-state index in [9.17, 15) is 32.8 Å². The van der Waals surface area contributed by atoms with Crippen LogP contribution in [0.15, 0.2) is 17.1 Å². The van der Waals surface area contributed by atoms with E-state index in [-0.39, 0.29) is 29.9 Å². The summed E-state index contributed by atoms with van der Waals surface area (Å²) in [5, 5.41) is 16.9. The van der Waals surface area contributed by atoms with Crippen LogP contribution in [0.2, 0.25) is 0 Å². The SMILES string of the molecule is Cc1ccn([C@H](CC2CC2)C(=O)N[C@H](C#N)C[C@@H]2CCNC2=O)c(=O)c1NCC(F)(F)F.